The number of benzene rings is 1. The van der Waals surface area contributed by atoms with Crippen molar-refractivity contribution in [1.82, 2.24) is 4.98 Å². The molecule has 1 aromatic heterocycles. The highest BCUT2D eigenvalue weighted by atomic mass is 16.5. The van der Waals surface area contributed by atoms with E-state index in [0.29, 0.717) is 5.56 Å². The number of hydrogen-bond donors (Lipinski definition) is 1. The van der Waals surface area contributed by atoms with Gasteiger partial charge in [0.15, 0.2) is 0 Å². The molecule has 0 saturated carbocycles. The molecular formula is C12H11NO2. The van der Waals surface area contributed by atoms with Crippen molar-refractivity contribution >= 4 is 0 Å². The highest BCUT2D eigenvalue weighted by molar-refractivity contribution is 5.62. The number of aromatic nitrogens is 1. The number of methoxy groups -OCH3 is 1. The second-order valence-corrected chi connectivity index (χ2v) is 3.14. The Balaban J connectivity index is 2.46. The number of hydrogen-bond acceptors (Lipinski definition) is 2. The predicted molar refractivity (Wildman–Crippen MR) is 59.1 cm³/mol. The fraction of sp³-hybridized carbons (Fsp3) is 0.0833. The molecule has 0 amide bonds. The van der Waals surface area contributed by atoms with E-state index in [4.69, 9.17) is 4.74 Å². The van der Waals surface area contributed by atoms with Crippen LogP contribution in [-0.2, 0) is 0 Å². The molecule has 0 spiro atoms. The van der Waals surface area contributed by atoms with E-state index in [2.05, 4.69) is 4.98 Å². The summed E-state index contributed by atoms with van der Waals surface area (Å²) in [6.07, 6.45) is 1.62. The molecule has 0 radical (unpaired) electrons. The van der Waals surface area contributed by atoms with Crippen LogP contribution in [0.5, 0.6) is 5.75 Å². The molecule has 0 aliphatic carbocycles. The number of H-pyrrole nitrogens is 1. The summed E-state index contributed by atoms with van der Waals surface area (Å²) in [6, 6.07) is 11.0. The molecule has 0 atom stereocenters. The Morgan fingerprint density at radius 3 is 2.47 bits per heavy atom. The van der Waals surface area contributed by atoms with Crippen LogP contribution in [-0.4, -0.2) is 12.1 Å². The Morgan fingerprint density at radius 1 is 1.13 bits per heavy atom. The SMILES string of the molecule is COc1ccc(-c2ccc[nH]c2=O)cc1. The van der Waals surface area contributed by atoms with Gasteiger partial charge in [-0.05, 0) is 29.8 Å². The Kier molecular flexibility index (Phi) is 2.54. The van der Waals surface area contributed by atoms with E-state index in [1.807, 2.05) is 24.3 Å². The Labute approximate surface area is 87.3 Å². The zero-order chi connectivity index (χ0) is 10.7. The van der Waals surface area contributed by atoms with Gasteiger partial charge in [0.25, 0.3) is 5.56 Å². The maximum atomic E-state index is 11.5. The van der Waals surface area contributed by atoms with Crippen molar-refractivity contribution in [3.05, 3.63) is 52.9 Å². The Hall–Kier alpha value is -2.03. The van der Waals surface area contributed by atoms with E-state index in [9.17, 15) is 4.79 Å². The van der Waals surface area contributed by atoms with Crippen molar-refractivity contribution in [3.63, 3.8) is 0 Å². The van der Waals surface area contributed by atoms with E-state index in [-0.39, 0.29) is 5.56 Å². The van der Waals surface area contributed by atoms with Crippen LogP contribution in [0.4, 0.5) is 0 Å². The van der Waals surface area contributed by atoms with Gasteiger partial charge in [-0.15, -0.1) is 0 Å². The van der Waals surface area contributed by atoms with Crippen molar-refractivity contribution in [3.8, 4) is 16.9 Å². The quantitative estimate of drug-likeness (QED) is 0.808. The minimum atomic E-state index is -0.0809. The van der Waals surface area contributed by atoms with Gasteiger partial charge in [-0.1, -0.05) is 12.1 Å². The standard InChI is InChI=1S/C12H11NO2/c1-15-10-6-4-9(5-7-10)11-3-2-8-13-12(11)14/h2-8H,1H3,(H,13,14). The van der Waals surface area contributed by atoms with E-state index < -0.39 is 0 Å². The van der Waals surface area contributed by atoms with E-state index >= 15 is 0 Å². The first-order valence-electron chi connectivity index (χ1n) is 4.63. The molecule has 3 nitrogen and oxygen atoms in total. The van der Waals surface area contributed by atoms with E-state index in [1.54, 1.807) is 25.4 Å². The molecule has 1 N–H and O–H groups in total. The van der Waals surface area contributed by atoms with Crippen LogP contribution in [0, 0.1) is 0 Å². The molecule has 76 valence electrons. The zero-order valence-corrected chi connectivity index (χ0v) is 8.36. The smallest absolute Gasteiger partial charge is 0.255 e. The van der Waals surface area contributed by atoms with Gasteiger partial charge in [0.1, 0.15) is 5.75 Å². The number of pyridine rings is 1. The highest BCUT2D eigenvalue weighted by Gasteiger charge is 2.01. The van der Waals surface area contributed by atoms with Crippen molar-refractivity contribution in [1.29, 1.82) is 0 Å². The lowest BCUT2D eigenvalue weighted by Crippen LogP contribution is -2.06. The van der Waals surface area contributed by atoms with Crippen molar-refractivity contribution in [2.45, 2.75) is 0 Å². The second-order valence-electron chi connectivity index (χ2n) is 3.14. The van der Waals surface area contributed by atoms with E-state index in [1.165, 1.54) is 0 Å². The first-order chi connectivity index (χ1) is 7.31. The Bertz CT molecular complexity index is 500. The fourth-order valence-electron chi connectivity index (χ4n) is 1.42. The topological polar surface area (TPSA) is 42.1 Å². The van der Waals surface area contributed by atoms with Crippen molar-refractivity contribution in [2.24, 2.45) is 0 Å². The summed E-state index contributed by atoms with van der Waals surface area (Å²) in [4.78, 5) is 14.1. The molecule has 1 heterocycles. The number of rotatable bonds is 2. The third kappa shape index (κ3) is 1.91. The van der Waals surface area contributed by atoms with Crippen LogP contribution in [0.3, 0.4) is 0 Å². The molecule has 3 heteroatoms. The van der Waals surface area contributed by atoms with Crippen molar-refractivity contribution in [2.75, 3.05) is 7.11 Å². The first-order valence-corrected chi connectivity index (χ1v) is 4.63. The lowest BCUT2D eigenvalue weighted by Gasteiger charge is -2.02. The molecule has 0 fully saturated rings. The average Bonchev–Trinajstić information content (AvgIpc) is 2.30. The summed E-state index contributed by atoms with van der Waals surface area (Å²) in [5.74, 6) is 0.783. The molecule has 0 aliphatic rings. The minimum absolute atomic E-state index is 0.0809. The van der Waals surface area contributed by atoms with Crippen LogP contribution in [0.15, 0.2) is 47.4 Å². The summed E-state index contributed by atoms with van der Waals surface area (Å²) in [7, 11) is 1.62. The monoisotopic (exact) mass is 201 g/mol. The fourth-order valence-corrected chi connectivity index (χ4v) is 1.42. The largest absolute Gasteiger partial charge is 0.497 e. The third-order valence-corrected chi connectivity index (χ3v) is 2.22. The van der Waals surface area contributed by atoms with Gasteiger partial charge in [-0.25, -0.2) is 0 Å². The molecular weight excluding hydrogens is 190 g/mol. The number of aromatic amines is 1. The minimum Gasteiger partial charge on any atom is -0.497 e. The van der Waals surface area contributed by atoms with Gasteiger partial charge in [-0.3, -0.25) is 4.79 Å². The van der Waals surface area contributed by atoms with Gasteiger partial charge in [0.2, 0.25) is 0 Å². The summed E-state index contributed by atoms with van der Waals surface area (Å²) >= 11 is 0. The average molecular weight is 201 g/mol. The molecule has 15 heavy (non-hydrogen) atoms. The highest BCUT2D eigenvalue weighted by Crippen LogP contribution is 2.18. The van der Waals surface area contributed by atoms with Crippen LogP contribution >= 0.6 is 0 Å². The van der Waals surface area contributed by atoms with Crippen LogP contribution in [0.1, 0.15) is 0 Å². The molecule has 0 bridgehead atoms. The van der Waals surface area contributed by atoms with Crippen LogP contribution in [0.25, 0.3) is 11.1 Å². The maximum Gasteiger partial charge on any atom is 0.255 e. The van der Waals surface area contributed by atoms with Crippen molar-refractivity contribution < 1.29 is 4.74 Å². The van der Waals surface area contributed by atoms with E-state index in [0.717, 1.165) is 11.3 Å². The lowest BCUT2D eigenvalue weighted by atomic mass is 10.1. The second kappa shape index (κ2) is 4.00. The van der Waals surface area contributed by atoms with Crippen LogP contribution < -0.4 is 10.3 Å². The number of ether oxygens (including phenoxy) is 1. The first kappa shape index (κ1) is 9.52. The lowest BCUT2D eigenvalue weighted by molar-refractivity contribution is 0.415. The van der Waals surface area contributed by atoms with Gasteiger partial charge in [-0.2, -0.15) is 0 Å². The van der Waals surface area contributed by atoms with Gasteiger partial charge >= 0.3 is 0 Å². The third-order valence-electron chi connectivity index (χ3n) is 2.22. The summed E-state index contributed by atoms with van der Waals surface area (Å²) in [5, 5.41) is 0. The van der Waals surface area contributed by atoms with Gasteiger partial charge in [0.05, 0.1) is 7.11 Å². The molecule has 0 unspecified atom stereocenters. The molecule has 0 saturated heterocycles. The number of nitrogens with one attached hydrogen (secondary N) is 1. The van der Waals surface area contributed by atoms with Gasteiger partial charge < -0.3 is 9.72 Å². The zero-order valence-electron chi connectivity index (χ0n) is 8.36. The summed E-state index contributed by atoms with van der Waals surface area (Å²) in [6.45, 7) is 0. The maximum absolute atomic E-state index is 11.5. The summed E-state index contributed by atoms with van der Waals surface area (Å²) in [5.41, 5.74) is 1.47. The van der Waals surface area contributed by atoms with Gasteiger partial charge in [0, 0.05) is 11.8 Å². The molecule has 0 aliphatic heterocycles. The molecule has 1 aromatic carbocycles. The predicted octanol–water partition coefficient (Wildman–Crippen LogP) is 2.05. The molecule has 2 rings (SSSR count). The Morgan fingerprint density at radius 2 is 1.87 bits per heavy atom. The summed E-state index contributed by atoms with van der Waals surface area (Å²) < 4.78 is 5.05. The normalized spacial score (nSPS) is 9.93. The van der Waals surface area contributed by atoms with Crippen LogP contribution in [0.2, 0.25) is 0 Å². The molecule has 2 aromatic rings.